The molecule has 1 unspecified atom stereocenters. The lowest BCUT2D eigenvalue weighted by Gasteiger charge is -2.15. The molecular weight excluding hydrogens is 270 g/mol. The third kappa shape index (κ3) is 3.35. The van der Waals surface area contributed by atoms with Crippen LogP contribution in [0.5, 0.6) is 11.5 Å². The molecule has 0 bridgehead atoms. The summed E-state index contributed by atoms with van der Waals surface area (Å²) in [5.41, 5.74) is 6.63. The van der Waals surface area contributed by atoms with Gasteiger partial charge in [-0.25, -0.2) is 0 Å². The van der Waals surface area contributed by atoms with Gasteiger partial charge in [-0.3, -0.25) is 0 Å². The van der Waals surface area contributed by atoms with Gasteiger partial charge in [-0.1, -0.05) is 60.7 Å². The van der Waals surface area contributed by atoms with E-state index in [1.807, 2.05) is 48.5 Å². The summed E-state index contributed by atoms with van der Waals surface area (Å²) in [5, 5.41) is 0. The minimum absolute atomic E-state index is 0.292. The summed E-state index contributed by atoms with van der Waals surface area (Å²) in [4.78, 5) is 0. The SMILES string of the molecule is [NH3+]CC(c1ccccc1)c1cccc(Oc2ccccc2)c1. The number of rotatable bonds is 5. The Balaban J connectivity index is 1.87. The van der Waals surface area contributed by atoms with E-state index in [9.17, 15) is 0 Å². The lowest BCUT2D eigenvalue weighted by molar-refractivity contribution is -0.370. The fourth-order valence-corrected chi connectivity index (χ4v) is 2.63. The zero-order valence-corrected chi connectivity index (χ0v) is 12.5. The second-order valence-corrected chi connectivity index (χ2v) is 5.24. The molecule has 2 heteroatoms. The van der Waals surface area contributed by atoms with Crippen LogP contribution in [0, 0.1) is 0 Å². The normalized spacial score (nSPS) is 11.9. The topological polar surface area (TPSA) is 36.9 Å². The Hall–Kier alpha value is -2.58. The molecule has 22 heavy (non-hydrogen) atoms. The van der Waals surface area contributed by atoms with E-state index in [-0.39, 0.29) is 0 Å². The Morgan fingerprint density at radius 2 is 1.27 bits per heavy atom. The van der Waals surface area contributed by atoms with E-state index in [4.69, 9.17) is 4.74 Å². The van der Waals surface area contributed by atoms with Crippen molar-refractivity contribution in [3.8, 4) is 11.5 Å². The number of quaternary nitrogens is 1. The Morgan fingerprint density at radius 1 is 0.682 bits per heavy atom. The van der Waals surface area contributed by atoms with E-state index in [0.29, 0.717) is 5.92 Å². The van der Waals surface area contributed by atoms with E-state index in [1.54, 1.807) is 0 Å². The highest BCUT2D eigenvalue weighted by atomic mass is 16.5. The van der Waals surface area contributed by atoms with Crippen molar-refractivity contribution in [2.45, 2.75) is 5.92 Å². The van der Waals surface area contributed by atoms with Gasteiger partial charge < -0.3 is 10.5 Å². The van der Waals surface area contributed by atoms with Crippen molar-refractivity contribution in [1.29, 1.82) is 0 Å². The Kier molecular flexibility index (Phi) is 4.52. The molecule has 0 radical (unpaired) electrons. The van der Waals surface area contributed by atoms with Crippen LogP contribution in [0.1, 0.15) is 17.0 Å². The van der Waals surface area contributed by atoms with Crippen molar-refractivity contribution < 1.29 is 10.5 Å². The summed E-state index contributed by atoms with van der Waals surface area (Å²) < 4.78 is 5.93. The molecule has 3 aromatic rings. The van der Waals surface area contributed by atoms with Crippen LogP contribution in [0.15, 0.2) is 84.9 Å². The molecular formula is C20H20NO+. The average molecular weight is 290 g/mol. The van der Waals surface area contributed by atoms with Gasteiger partial charge in [-0.05, 0) is 35.4 Å². The zero-order chi connectivity index (χ0) is 15.2. The number of hydrogen-bond donors (Lipinski definition) is 1. The summed E-state index contributed by atoms with van der Waals surface area (Å²) in [6.07, 6.45) is 0. The second-order valence-electron chi connectivity index (χ2n) is 5.24. The third-order valence-electron chi connectivity index (χ3n) is 3.73. The lowest BCUT2D eigenvalue weighted by Crippen LogP contribution is -2.53. The maximum absolute atomic E-state index is 5.93. The van der Waals surface area contributed by atoms with E-state index in [1.165, 1.54) is 11.1 Å². The van der Waals surface area contributed by atoms with Gasteiger partial charge in [-0.2, -0.15) is 0 Å². The molecule has 3 rings (SSSR count). The quantitative estimate of drug-likeness (QED) is 0.761. The largest absolute Gasteiger partial charge is 0.457 e. The van der Waals surface area contributed by atoms with Crippen molar-refractivity contribution >= 4 is 0 Å². The van der Waals surface area contributed by atoms with Crippen LogP contribution in [0.3, 0.4) is 0 Å². The molecule has 3 aromatic carbocycles. The third-order valence-corrected chi connectivity index (χ3v) is 3.73. The highest BCUT2D eigenvalue weighted by Gasteiger charge is 2.14. The van der Waals surface area contributed by atoms with E-state index in [2.05, 4.69) is 42.1 Å². The highest BCUT2D eigenvalue weighted by molar-refractivity contribution is 5.39. The monoisotopic (exact) mass is 290 g/mol. The van der Waals surface area contributed by atoms with Gasteiger partial charge in [0.15, 0.2) is 0 Å². The molecule has 0 fully saturated rings. The molecule has 0 saturated carbocycles. The summed E-state index contributed by atoms with van der Waals surface area (Å²) in [5.74, 6) is 2.00. The fraction of sp³-hybridized carbons (Fsp3) is 0.100. The Labute approximate surface area is 131 Å². The van der Waals surface area contributed by atoms with Crippen LogP contribution in [0.4, 0.5) is 0 Å². The molecule has 110 valence electrons. The molecule has 1 atom stereocenters. The maximum Gasteiger partial charge on any atom is 0.127 e. The molecule has 0 amide bonds. The Bertz CT molecular complexity index is 710. The minimum Gasteiger partial charge on any atom is -0.457 e. The predicted molar refractivity (Wildman–Crippen MR) is 89.0 cm³/mol. The standard InChI is InChI=1S/C20H19NO/c21-15-20(16-8-3-1-4-9-16)17-10-7-13-19(14-17)22-18-11-5-2-6-12-18/h1-14,20H,15,21H2/p+1. The summed E-state index contributed by atoms with van der Waals surface area (Å²) >= 11 is 0. The van der Waals surface area contributed by atoms with E-state index >= 15 is 0 Å². The highest BCUT2D eigenvalue weighted by Crippen LogP contribution is 2.28. The molecule has 0 heterocycles. The number of benzene rings is 3. The van der Waals surface area contributed by atoms with Crippen LogP contribution in [0.25, 0.3) is 0 Å². The van der Waals surface area contributed by atoms with Gasteiger partial charge in [0.05, 0.1) is 12.5 Å². The molecule has 0 aliphatic heterocycles. The van der Waals surface area contributed by atoms with E-state index < -0.39 is 0 Å². The smallest absolute Gasteiger partial charge is 0.127 e. The lowest BCUT2D eigenvalue weighted by atomic mass is 9.91. The van der Waals surface area contributed by atoms with Crippen molar-refractivity contribution in [1.82, 2.24) is 0 Å². The Morgan fingerprint density at radius 3 is 1.95 bits per heavy atom. The van der Waals surface area contributed by atoms with Crippen LogP contribution < -0.4 is 10.5 Å². The van der Waals surface area contributed by atoms with Crippen LogP contribution in [-0.2, 0) is 0 Å². The maximum atomic E-state index is 5.93. The molecule has 2 nitrogen and oxygen atoms in total. The molecule has 0 aliphatic carbocycles. The van der Waals surface area contributed by atoms with Gasteiger partial charge in [0.1, 0.15) is 11.5 Å². The first-order valence-electron chi connectivity index (χ1n) is 7.54. The average Bonchev–Trinajstić information content (AvgIpc) is 2.58. The first-order chi connectivity index (χ1) is 10.9. The number of ether oxygens (including phenoxy) is 1. The second kappa shape index (κ2) is 6.92. The molecule has 0 aromatic heterocycles. The van der Waals surface area contributed by atoms with Crippen LogP contribution in [0.2, 0.25) is 0 Å². The van der Waals surface area contributed by atoms with E-state index in [0.717, 1.165) is 18.0 Å². The first-order valence-corrected chi connectivity index (χ1v) is 7.54. The fourth-order valence-electron chi connectivity index (χ4n) is 2.63. The van der Waals surface area contributed by atoms with Crippen molar-refractivity contribution in [2.24, 2.45) is 0 Å². The summed E-state index contributed by atoms with van der Waals surface area (Å²) in [7, 11) is 0. The van der Waals surface area contributed by atoms with Gasteiger partial charge in [0.2, 0.25) is 0 Å². The predicted octanol–water partition coefficient (Wildman–Crippen LogP) is 3.85. The van der Waals surface area contributed by atoms with Crippen molar-refractivity contribution in [3.05, 3.63) is 96.1 Å². The number of para-hydroxylation sites is 1. The van der Waals surface area contributed by atoms with Gasteiger partial charge in [-0.15, -0.1) is 0 Å². The first kappa shape index (κ1) is 14.4. The summed E-state index contributed by atoms with van der Waals surface area (Å²) in [6.45, 7) is 0.818. The molecule has 3 N–H and O–H groups in total. The van der Waals surface area contributed by atoms with Crippen molar-refractivity contribution in [2.75, 3.05) is 6.54 Å². The van der Waals surface area contributed by atoms with Gasteiger partial charge in [0.25, 0.3) is 0 Å². The zero-order valence-electron chi connectivity index (χ0n) is 12.5. The minimum atomic E-state index is 0.292. The van der Waals surface area contributed by atoms with Crippen LogP contribution in [-0.4, -0.2) is 6.54 Å². The summed E-state index contributed by atoms with van der Waals surface area (Å²) in [6, 6.07) is 28.6. The van der Waals surface area contributed by atoms with Crippen molar-refractivity contribution in [3.63, 3.8) is 0 Å². The molecule has 0 spiro atoms. The molecule has 0 saturated heterocycles. The number of hydrogen-bond acceptors (Lipinski definition) is 1. The van der Waals surface area contributed by atoms with Crippen LogP contribution >= 0.6 is 0 Å². The van der Waals surface area contributed by atoms with Gasteiger partial charge in [0, 0.05) is 0 Å². The molecule has 0 aliphatic rings. The van der Waals surface area contributed by atoms with Gasteiger partial charge >= 0.3 is 0 Å².